The lowest BCUT2D eigenvalue weighted by Crippen LogP contribution is -2.19. The summed E-state index contributed by atoms with van der Waals surface area (Å²) in [5.74, 6) is -0.0521. The van der Waals surface area contributed by atoms with Crippen LogP contribution in [0.25, 0.3) is 0 Å². The van der Waals surface area contributed by atoms with Gasteiger partial charge in [0.15, 0.2) is 0 Å². The van der Waals surface area contributed by atoms with Crippen molar-refractivity contribution >= 4 is 27.5 Å². The highest BCUT2D eigenvalue weighted by atomic mass is 32.1. The van der Waals surface area contributed by atoms with Crippen molar-refractivity contribution in [3.63, 3.8) is 0 Å². The van der Waals surface area contributed by atoms with Crippen LogP contribution in [0.5, 0.6) is 0 Å². The highest BCUT2D eigenvalue weighted by Gasteiger charge is 2.12. The zero-order valence-corrected chi connectivity index (χ0v) is 8.39. The molecule has 1 unspecified atom stereocenters. The van der Waals surface area contributed by atoms with E-state index < -0.39 is 0 Å². The van der Waals surface area contributed by atoms with Gasteiger partial charge >= 0.3 is 0 Å². The molecule has 1 aromatic heterocycles. The Labute approximate surface area is 80.4 Å². The van der Waals surface area contributed by atoms with E-state index in [0.717, 1.165) is 6.42 Å². The maximum atomic E-state index is 11.3. The lowest BCUT2D eigenvalue weighted by atomic mass is 10.1. The Hall–Kier alpha value is -1.17. The average molecular weight is 200 g/mol. The van der Waals surface area contributed by atoms with Gasteiger partial charge in [0.05, 0.1) is 0 Å². The quantitative estimate of drug-likeness (QED) is 0.765. The van der Waals surface area contributed by atoms with Crippen LogP contribution in [-0.2, 0) is 4.79 Å². The van der Waals surface area contributed by atoms with Gasteiger partial charge in [-0.25, -0.2) is 0 Å². The molecule has 0 saturated carbocycles. The van der Waals surface area contributed by atoms with Crippen molar-refractivity contribution in [3.8, 4) is 0 Å². The van der Waals surface area contributed by atoms with Crippen molar-refractivity contribution in [1.82, 2.24) is 10.2 Å². The molecule has 6 heteroatoms. The first-order chi connectivity index (χ1) is 6.13. The Morgan fingerprint density at radius 2 is 2.38 bits per heavy atom. The number of carbonyl (C=O) groups excluding carboxylic acids is 1. The van der Waals surface area contributed by atoms with Crippen molar-refractivity contribution in [2.24, 2.45) is 5.92 Å². The normalized spacial score (nSPS) is 12.5. The summed E-state index contributed by atoms with van der Waals surface area (Å²) in [5.41, 5.74) is 5.36. The van der Waals surface area contributed by atoms with Crippen LogP contribution in [0.2, 0.25) is 0 Å². The Balaban J connectivity index is 2.54. The van der Waals surface area contributed by atoms with Crippen molar-refractivity contribution in [1.29, 1.82) is 0 Å². The predicted octanol–water partition coefficient (Wildman–Crippen LogP) is 1.10. The van der Waals surface area contributed by atoms with Crippen molar-refractivity contribution in [3.05, 3.63) is 0 Å². The number of nitrogens with zero attached hydrogens (tertiary/aromatic N) is 2. The zero-order valence-electron chi connectivity index (χ0n) is 7.57. The van der Waals surface area contributed by atoms with E-state index in [-0.39, 0.29) is 11.8 Å². The molecule has 0 bridgehead atoms. The maximum Gasteiger partial charge on any atom is 0.229 e. The highest BCUT2D eigenvalue weighted by molar-refractivity contribution is 7.18. The average Bonchev–Trinajstić information content (AvgIpc) is 2.49. The van der Waals surface area contributed by atoms with Crippen LogP contribution in [0.15, 0.2) is 0 Å². The van der Waals surface area contributed by atoms with Crippen LogP contribution in [-0.4, -0.2) is 16.1 Å². The third kappa shape index (κ3) is 2.66. The lowest BCUT2D eigenvalue weighted by molar-refractivity contribution is -0.119. The summed E-state index contributed by atoms with van der Waals surface area (Å²) in [6.07, 6.45) is 0.806. The van der Waals surface area contributed by atoms with E-state index in [2.05, 4.69) is 15.5 Å². The first-order valence-electron chi connectivity index (χ1n) is 4.03. The number of aromatic nitrogens is 2. The molecule has 13 heavy (non-hydrogen) atoms. The molecule has 0 spiro atoms. The molecule has 5 nitrogen and oxygen atoms in total. The number of hydrogen-bond donors (Lipinski definition) is 2. The molecule has 0 aromatic carbocycles. The van der Waals surface area contributed by atoms with Crippen LogP contribution in [0.4, 0.5) is 10.3 Å². The third-order valence-electron chi connectivity index (χ3n) is 1.73. The smallest absolute Gasteiger partial charge is 0.229 e. The van der Waals surface area contributed by atoms with E-state index in [9.17, 15) is 4.79 Å². The number of nitrogen functional groups attached to an aromatic ring is 1. The Kier molecular flexibility index (Phi) is 3.18. The van der Waals surface area contributed by atoms with Gasteiger partial charge < -0.3 is 11.1 Å². The van der Waals surface area contributed by atoms with Gasteiger partial charge in [-0.1, -0.05) is 25.2 Å². The molecular formula is C7H12N4OS. The molecule has 0 radical (unpaired) electrons. The fourth-order valence-electron chi connectivity index (χ4n) is 0.699. The molecular weight excluding hydrogens is 188 g/mol. The van der Waals surface area contributed by atoms with Gasteiger partial charge in [0, 0.05) is 5.92 Å². The van der Waals surface area contributed by atoms with E-state index in [4.69, 9.17) is 5.73 Å². The molecule has 0 aliphatic rings. The molecule has 1 atom stereocenters. The molecule has 3 N–H and O–H groups in total. The van der Waals surface area contributed by atoms with E-state index in [1.807, 2.05) is 13.8 Å². The minimum Gasteiger partial charge on any atom is -0.374 e. The Bertz CT molecular complexity index is 298. The monoisotopic (exact) mass is 200 g/mol. The summed E-state index contributed by atoms with van der Waals surface area (Å²) in [5, 5.41) is 10.7. The summed E-state index contributed by atoms with van der Waals surface area (Å²) in [6.45, 7) is 3.82. The van der Waals surface area contributed by atoms with Crippen molar-refractivity contribution < 1.29 is 4.79 Å². The van der Waals surface area contributed by atoms with Crippen LogP contribution >= 0.6 is 11.3 Å². The lowest BCUT2D eigenvalue weighted by Gasteiger charge is -2.05. The van der Waals surface area contributed by atoms with Gasteiger partial charge in [-0.15, -0.1) is 10.2 Å². The highest BCUT2D eigenvalue weighted by Crippen LogP contribution is 2.17. The van der Waals surface area contributed by atoms with E-state index in [1.165, 1.54) is 11.3 Å². The van der Waals surface area contributed by atoms with Gasteiger partial charge in [-0.2, -0.15) is 0 Å². The molecule has 0 saturated heterocycles. The summed E-state index contributed by atoms with van der Waals surface area (Å²) >= 11 is 1.17. The summed E-state index contributed by atoms with van der Waals surface area (Å²) in [6, 6.07) is 0. The first kappa shape index (κ1) is 9.91. The van der Waals surface area contributed by atoms with Gasteiger partial charge in [0.25, 0.3) is 0 Å². The number of nitrogens with one attached hydrogen (secondary N) is 1. The van der Waals surface area contributed by atoms with Gasteiger partial charge in [-0.3, -0.25) is 4.79 Å². The van der Waals surface area contributed by atoms with Crippen molar-refractivity contribution in [2.45, 2.75) is 20.3 Å². The van der Waals surface area contributed by atoms with E-state index in [0.29, 0.717) is 10.3 Å². The molecule has 1 heterocycles. The second-order valence-corrected chi connectivity index (χ2v) is 3.75. The molecule has 0 aliphatic heterocycles. The fraction of sp³-hybridized carbons (Fsp3) is 0.571. The van der Waals surface area contributed by atoms with Crippen molar-refractivity contribution in [2.75, 3.05) is 11.1 Å². The standard InChI is InChI=1S/C7H12N4OS/c1-3-4(2)5(12)9-7-11-10-6(8)13-7/h4H,3H2,1-2H3,(H2,8,10)(H,9,11,12). The van der Waals surface area contributed by atoms with Gasteiger partial charge in [-0.05, 0) is 6.42 Å². The Morgan fingerprint density at radius 3 is 2.85 bits per heavy atom. The van der Waals surface area contributed by atoms with Gasteiger partial charge in [0.1, 0.15) is 0 Å². The molecule has 0 fully saturated rings. The van der Waals surface area contributed by atoms with Crippen LogP contribution in [0, 0.1) is 5.92 Å². The largest absolute Gasteiger partial charge is 0.374 e. The van der Waals surface area contributed by atoms with Crippen LogP contribution in [0.1, 0.15) is 20.3 Å². The number of rotatable bonds is 3. The molecule has 0 aliphatic carbocycles. The minimum absolute atomic E-state index is 0.00914. The second-order valence-electron chi connectivity index (χ2n) is 2.74. The Morgan fingerprint density at radius 1 is 1.69 bits per heavy atom. The molecule has 1 amide bonds. The fourth-order valence-corrected chi connectivity index (χ4v) is 1.21. The van der Waals surface area contributed by atoms with Crippen LogP contribution in [0.3, 0.4) is 0 Å². The summed E-state index contributed by atoms with van der Waals surface area (Å²) in [7, 11) is 0. The maximum absolute atomic E-state index is 11.3. The number of hydrogen-bond acceptors (Lipinski definition) is 5. The minimum atomic E-state index is -0.0429. The van der Waals surface area contributed by atoms with E-state index >= 15 is 0 Å². The number of nitrogens with two attached hydrogens (primary N) is 1. The molecule has 72 valence electrons. The third-order valence-corrected chi connectivity index (χ3v) is 2.40. The number of carbonyl (C=O) groups is 1. The molecule has 1 rings (SSSR count). The number of anilines is 2. The van der Waals surface area contributed by atoms with Crippen LogP contribution < -0.4 is 11.1 Å². The SMILES string of the molecule is CCC(C)C(=O)Nc1nnc(N)s1. The zero-order chi connectivity index (χ0) is 9.84. The van der Waals surface area contributed by atoms with E-state index in [1.54, 1.807) is 0 Å². The summed E-state index contributed by atoms with van der Waals surface area (Å²) in [4.78, 5) is 11.3. The van der Waals surface area contributed by atoms with Gasteiger partial charge in [0.2, 0.25) is 16.2 Å². The first-order valence-corrected chi connectivity index (χ1v) is 4.85. The number of amides is 1. The molecule has 1 aromatic rings. The topological polar surface area (TPSA) is 80.9 Å². The second kappa shape index (κ2) is 4.18. The predicted molar refractivity (Wildman–Crippen MR) is 52.4 cm³/mol. The summed E-state index contributed by atoms with van der Waals surface area (Å²) < 4.78 is 0.